The minimum Gasteiger partial charge on any atom is -0.352 e. The molecule has 7 nitrogen and oxygen atoms in total. The maximum atomic E-state index is 13.9. The number of carbonyl (C=O) groups excluding carboxylic acids is 2. The molecule has 0 radical (unpaired) electrons. The molecule has 2 amide bonds. The Balaban J connectivity index is 2.06. The van der Waals surface area contributed by atoms with Crippen LogP contribution in [0.5, 0.6) is 0 Å². The molecule has 9 heteroatoms. The summed E-state index contributed by atoms with van der Waals surface area (Å²) in [6.45, 7) is 8.62. The molecule has 0 aromatic heterocycles. The first-order valence-corrected chi connectivity index (χ1v) is 14.2. The van der Waals surface area contributed by atoms with Gasteiger partial charge in [-0.3, -0.25) is 13.9 Å². The summed E-state index contributed by atoms with van der Waals surface area (Å²) in [7, 11) is -4.10. The lowest BCUT2D eigenvalue weighted by Gasteiger charge is -2.32. The number of sulfonamides is 1. The van der Waals surface area contributed by atoms with Crippen LogP contribution in [-0.2, 0) is 26.2 Å². The van der Waals surface area contributed by atoms with Gasteiger partial charge in [-0.25, -0.2) is 8.42 Å². The lowest BCUT2D eigenvalue weighted by Crippen LogP contribution is -2.52. The molecule has 3 aromatic carbocycles. The molecule has 0 aliphatic rings. The van der Waals surface area contributed by atoms with Crippen molar-refractivity contribution in [3.8, 4) is 0 Å². The second kappa shape index (κ2) is 12.5. The number of benzene rings is 3. The van der Waals surface area contributed by atoms with Crippen LogP contribution in [0.2, 0.25) is 5.02 Å². The maximum Gasteiger partial charge on any atom is 0.264 e. The van der Waals surface area contributed by atoms with Gasteiger partial charge in [0.15, 0.2) is 0 Å². The molecular formula is C29H34ClN3O4S. The van der Waals surface area contributed by atoms with Gasteiger partial charge in [0, 0.05) is 17.6 Å². The molecule has 1 N–H and O–H groups in total. The summed E-state index contributed by atoms with van der Waals surface area (Å²) in [5.74, 6) is -0.852. The Hall–Kier alpha value is -3.36. The van der Waals surface area contributed by atoms with Gasteiger partial charge in [-0.05, 0) is 76.1 Å². The van der Waals surface area contributed by atoms with Crippen LogP contribution >= 0.6 is 11.6 Å². The predicted octanol–water partition coefficient (Wildman–Crippen LogP) is 5.09. The average molecular weight is 556 g/mol. The third-order valence-electron chi connectivity index (χ3n) is 6.07. The summed E-state index contributed by atoms with van der Waals surface area (Å²) >= 11 is 6.17. The molecule has 202 valence electrons. The van der Waals surface area contributed by atoms with E-state index in [1.165, 1.54) is 17.0 Å². The van der Waals surface area contributed by atoms with Crippen molar-refractivity contribution < 1.29 is 18.0 Å². The minimum absolute atomic E-state index is 0.0692. The number of amides is 2. The van der Waals surface area contributed by atoms with Gasteiger partial charge in [-0.2, -0.15) is 0 Å². The van der Waals surface area contributed by atoms with Crippen LogP contribution in [0.25, 0.3) is 0 Å². The summed E-state index contributed by atoms with van der Waals surface area (Å²) < 4.78 is 28.8. The number of carbonyl (C=O) groups is 2. The van der Waals surface area contributed by atoms with E-state index >= 15 is 0 Å². The van der Waals surface area contributed by atoms with Crippen molar-refractivity contribution >= 4 is 39.1 Å². The number of hydrogen-bond donors (Lipinski definition) is 1. The Bertz CT molecular complexity index is 1390. The Kier molecular flexibility index (Phi) is 9.57. The van der Waals surface area contributed by atoms with E-state index in [0.29, 0.717) is 16.3 Å². The van der Waals surface area contributed by atoms with Crippen molar-refractivity contribution in [3.63, 3.8) is 0 Å². The summed E-state index contributed by atoms with van der Waals surface area (Å²) in [4.78, 5) is 28.3. The highest BCUT2D eigenvalue weighted by molar-refractivity contribution is 7.92. The molecule has 0 saturated carbocycles. The van der Waals surface area contributed by atoms with Crippen molar-refractivity contribution in [3.05, 3.63) is 94.5 Å². The number of aryl methyl sites for hydroxylation is 2. The number of halogens is 1. The Morgan fingerprint density at radius 3 is 2.21 bits per heavy atom. The van der Waals surface area contributed by atoms with Crippen LogP contribution < -0.4 is 9.62 Å². The van der Waals surface area contributed by atoms with Crippen molar-refractivity contribution in [2.45, 2.75) is 58.1 Å². The SMILES string of the molecule is Cc1ccc(N(CC(=O)N(Cc2cccc(Cl)c2)[C@H](C)C(=O)NC(C)C)S(=O)(=O)c2ccccc2)c(C)c1. The average Bonchev–Trinajstić information content (AvgIpc) is 2.86. The summed E-state index contributed by atoms with van der Waals surface area (Å²) in [5, 5.41) is 3.34. The van der Waals surface area contributed by atoms with E-state index < -0.39 is 28.5 Å². The highest BCUT2D eigenvalue weighted by Crippen LogP contribution is 2.28. The predicted molar refractivity (Wildman–Crippen MR) is 152 cm³/mol. The molecule has 0 fully saturated rings. The summed E-state index contributed by atoms with van der Waals surface area (Å²) in [6, 6.07) is 19.4. The van der Waals surface area contributed by atoms with E-state index in [1.807, 2.05) is 45.9 Å². The van der Waals surface area contributed by atoms with Gasteiger partial charge in [0.05, 0.1) is 10.6 Å². The van der Waals surface area contributed by atoms with Crippen molar-refractivity contribution in [1.82, 2.24) is 10.2 Å². The highest BCUT2D eigenvalue weighted by atomic mass is 35.5. The van der Waals surface area contributed by atoms with Crippen LogP contribution in [-0.4, -0.2) is 43.8 Å². The molecule has 1 atom stereocenters. The number of rotatable bonds is 10. The van der Waals surface area contributed by atoms with Crippen LogP contribution in [0.1, 0.15) is 37.5 Å². The fraction of sp³-hybridized carbons (Fsp3) is 0.310. The molecule has 3 aromatic rings. The third kappa shape index (κ3) is 7.14. The standard InChI is InChI=1S/C29H34ClN3O4S/c1-20(2)31-29(35)23(5)32(18-24-10-9-11-25(30)17-24)28(34)19-33(27-15-14-21(3)16-22(27)4)38(36,37)26-12-7-6-8-13-26/h6-17,20,23H,18-19H2,1-5H3,(H,31,35)/t23-/m1/s1. The quantitative estimate of drug-likeness (QED) is 0.377. The van der Waals surface area contributed by atoms with E-state index in [9.17, 15) is 18.0 Å². The normalized spacial score (nSPS) is 12.2. The molecular weight excluding hydrogens is 522 g/mol. The zero-order chi connectivity index (χ0) is 28.0. The van der Waals surface area contributed by atoms with Gasteiger partial charge in [0.1, 0.15) is 12.6 Å². The van der Waals surface area contributed by atoms with E-state index in [-0.39, 0.29) is 23.4 Å². The Labute approximate surface area is 230 Å². The number of nitrogens with zero attached hydrogens (tertiary/aromatic N) is 2. The van der Waals surface area contributed by atoms with Crippen LogP contribution in [0.4, 0.5) is 5.69 Å². The van der Waals surface area contributed by atoms with Crippen molar-refractivity contribution in [1.29, 1.82) is 0 Å². The van der Waals surface area contributed by atoms with Gasteiger partial charge < -0.3 is 10.2 Å². The molecule has 0 bridgehead atoms. The molecule has 3 rings (SSSR count). The van der Waals surface area contributed by atoms with Gasteiger partial charge in [-0.15, -0.1) is 0 Å². The fourth-order valence-corrected chi connectivity index (χ4v) is 5.85. The monoisotopic (exact) mass is 555 g/mol. The van der Waals surface area contributed by atoms with Gasteiger partial charge in [0.25, 0.3) is 10.0 Å². The van der Waals surface area contributed by atoms with Crippen molar-refractivity contribution in [2.75, 3.05) is 10.8 Å². The Morgan fingerprint density at radius 1 is 0.921 bits per heavy atom. The van der Waals surface area contributed by atoms with Crippen molar-refractivity contribution in [2.24, 2.45) is 0 Å². The zero-order valence-corrected chi connectivity index (χ0v) is 23.9. The topological polar surface area (TPSA) is 86.8 Å². The van der Waals surface area contributed by atoms with E-state index in [2.05, 4.69) is 5.32 Å². The number of nitrogens with one attached hydrogen (secondary N) is 1. The van der Waals surface area contributed by atoms with E-state index in [0.717, 1.165) is 15.4 Å². The fourth-order valence-electron chi connectivity index (χ4n) is 4.14. The van der Waals surface area contributed by atoms with E-state index in [1.54, 1.807) is 49.4 Å². The number of hydrogen-bond acceptors (Lipinski definition) is 4. The number of anilines is 1. The van der Waals surface area contributed by atoms with E-state index in [4.69, 9.17) is 11.6 Å². The minimum atomic E-state index is -4.10. The molecule has 0 unspecified atom stereocenters. The lowest BCUT2D eigenvalue weighted by atomic mass is 10.1. The summed E-state index contributed by atoms with van der Waals surface area (Å²) in [5.41, 5.74) is 2.80. The largest absolute Gasteiger partial charge is 0.352 e. The highest BCUT2D eigenvalue weighted by Gasteiger charge is 2.33. The first-order chi connectivity index (χ1) is 17.9. The Morgan fingerprint density at radius 2 is 1.61 bits per heavy atom. The second-order valence-electron chi connectivity index (χ2n) is 9.61. The molecule has 38 heavy (non-hydrogen) atoms. The molecule has 0 spiro atoms. The maximum absolute atomic E-state index is 13.9. The van der Waals surface area contributed by atoms with Crippen LogP contribution in [0, 0.1) is 13.8 Å². The lowest BCUT2D eigenvalue weighted by molar-refractivity contribution is -0.139. The first kappa shape index (κ1) is 29.2. The second-order valence-corrected chi connectivity index (χ2v) is 11.9. The molecule has 0 heterocycles. The van der Waals surface area contributed by atoms with Gasteiger partial charge in [-0.1, -0.05) is 59.6 Å². The van der Waals surface area contributed by atoms with Crippen LogP contribution in [0.3, 0.4) is 0 Å². The first-order valence-electron chi connectivity index (χ1n) is 12.4. The van der Waals surface area contributed by atoms with Gasteiger partial charge in [0.2, 0.25) is 11.8 Å². The molecule has 0 aliphatic carbocycles. The molecule has 0 saturated heterocycles. The third-order valence-corrected chi connectivity index (χ3v) is 8.08. The van der Waals surface area contributed by atoms with Gasteiger partial charge >= 0.3 is 0 Å². The smallest absolute Gasteiger partial charge is 0.264 e. The van der Waals surface area contributed by atoms with Crippen LogP contribution in [0.15, 0.2) is 77.7 Å². The molecule has 0 aliphatic heterocycles. The summed E-state index contributed by atoms with van der Waals surface area (Å²) in [6.07, 6.45) is 0. The zero-order valence-electron chi connectivity index (χ0n) is 22.3.